The molecular weight excluding hydrogens is 415 g/mol. The van der Waals surface area contributed by atoms with Crippen LogP contribution in [0.3, 0.4) is 0 Å². The minimum absolute atomic E-state index is 0.0258. The molecule has 10 heteroatoms. The summed E-state index contributed by atoms with van der Waals surface area (Å²) in [4.78, 5) is 8.42. The molecule has 0 spiro atoms. The first-order valence-corrected chi connectivity index (χ1v) is 9.72. The van der Waals surface area contributed by atoms with E-state index in [1.54, 1.807) is 54.0 Å². The third-order valence-electron chi connectivity index (χ3n) is 4.28. The van der Waals surface area contributed by atoms with Crippen molar-refractivity contribution in [3.05, 3.63) is 71.5 Å². The Morgan fingerprint density at radius 3 is 2.60 bits per heavy atom. The summed E-state index contributed by atoms with van der Waals surface area (Å²) in [6.07, 6.45) is -1.77. The summed E-state index contributed by atoms with van der Waals surface area (Å²) in [5.74, 6) is 1.19. The lowest BCUT2D eigenvalue weighted by molar-refractivity contribution is -0.143. The fourth-order valence-electron chi connectivity index (χ4n) is 2.90. The SMILES string of the molecule is COc1ccc(Cn2ncc(-c3csc(Nc4ccccn4)n3)c2C(F)(F)F)cc1. The van der Waals surface area contributed by atoms with E-state index in [0.717, 1.165) is 4.68 Å². The van der Waals surface area contributed by atoms with Crippen LogP contribution < -0.4 is 10.1 Å². The summed E-state index contributed by atoms with van der Waals surface area (Å²) < 4.78 is 47.6. The Kier molecular flexibility index (Phi) is 5.40. The number of anilines is 2. The molecule has 0 atom stereocenters. The van der Waals surface area contributed by atoms with E-state index in [-0.39, 0.29) is 17.8 Å². The molecule has 0 saturated carbocycles. The van der Waals surface area contributed by atoms with Crippen molar-refractivity contribution in [3.63, 3.8) is 0 Å². The number of pyridine rings is 1. The standard InChI is InChI=1S/C20H16F3N5OS/c1-29-14-7-5-13(6-8-14)11-28-18(20(21,22)23)15(10-25-28)16-12-30-19(26-16)27-17-4-2-3-9-24-17/h2-10,12H,11H2,1H3,(H,24,26,27). The van der Waals surface area contributed by atoms with Crippen LogP contribution in [0.2, 0.25) is 0 Å². The molecule has 0 saturated heterocycles. The van der Waals surface area contributed by atoms with Gasteiger partial charge in [-0.2, -0.15) is 18.3 Å². The number of hydrogen-bond donors (Lipinski definition) is 1. The van der Waals surface area contributed by atoms with Crippen molar-refractivity contribution in [2.24, 2.45) is 0 Å². The van der Waals surface area contributed by atoms with Gasteiger partial charge in [-0.25, -0.2) is 9.97 Å². The molecule has 0 bridgehead atoms. The summed E-state index contributed by atoms with van der Waals surface area (Å²) in [5, 5.41) is 8.98. The first-order valence-electron chi connectivity index (χ1n) is 8.84. The highest BCUT2D eigenvalue weighted by Gasteiger charge is 2.39. The molecule has 1 N–H and O–H groups in total. The molecule has 0 aliphatic rings. The summed E-state index contributed by atoms with van der Waals surface area (Å²) in [5.41, 5.74) is -0.0344. The smallest absolute Gasteiger partial charge is 0.433 e. The molecule has 0 fully saturated rings. The van der Waals surface area contributed by atoms with Crippen molar-refractivity contribution in [1.82, 2.24) is 19.7 Å². The number of rotatable bonds is 6. The van der Waals surface area contributed by atoms with Crippen LogP contribution in [0.25, 0.3) is 11.3 Å². The van der Waals surface area contributed by atoms with Crippen LogP contribution in [0.15, 0.2) is 60.2 Å². The van der Waals surface area contributed by atoms with E-state index in [1.165, 1.54) is 24.6 Å². The molecule has 0 unspecified atom stereocenters. The molecule has 4 aromatic rings. The van der Waals surface area contributed by atoms with Crippen LogP contribution in [0, 0.1) is 0 Å². The molecule has 3 heterocycles. The lowest BCUT2D eigenvalue weighted by atomic mass is 10.1. The van der Waals surface area contributed by atoms with Crippen molar-refractivity contribution in [3.8, 4) is 17.0 Å². The van der Waals surface area contributed by atoms with Gasteiger partial charge in [-0.1, -0.05) is 18.2 Å². The topological polar surface area (TPSA) is 64.9 Å². The quantitative estimate of drug-likeness (QED) is 0.453. The Bertz CT molecular complexity index is 1120. The van der Waals surface area contributed by atoms with E-state index in [9.17, 15) is 13.2 Å². The van der Waals surface area contributed by atoms with Gasteiger partial charge in [0.25, 0.3) is 0 Å². The van der Waals surface area contributed by atoms with E-state index in [4.69, 9.17) is 4.74 Å². The maximum atomic E-state index is 13.9. The number of alkyl halides is 3. The van der Waals surface area contributed by atoms with Gasteiger partial charge in [0.15, 0.2) is 10.8 Å². The third kappa shape index (κ3) is 4.28. The van der Waals surface area contributed by atoms with Crippen LogP contribution in [0.4, 0.5) is 24.1 Å². The highest BCUT2D eigenvalue weighted by Crippen LogP contribution is 2.38. The zero-order valence-corrected chi connectivity index (χ0v) is 16.5. The molecule has 3 aromatic heterocycles. The minimum atomic E-state index is -4.59. The van der Waals surface area contributed by atoms with E-state index >= 15 is 0 Å². The average molecular weight is 431 g/mol. The van der Waals surface area contributed by atoms with Gasteiger partial charge >= 0.3 is 6.18 Å². The van der Waals surface area contributed by atoms with E-state index in [0.29, 0.717) is 22.3 Å². The molecule has 4 rings (SSSR count). The Labute approximate surface area is 174 Å². The lowest BCUT2D eigenvalue weighted by Crippen LogP contribution is -2.16. The zero-order valence-electron chi connectivity index (χ0n) is 15.7. The van der Waals surface area contributed by atoms with Gasteiger partial charge in [0.05, 0.1) is 31.1 Å². The number of aromatic nitrogens is 4. The molecule has 6 nitrogen and oxygen atoms in total. The number of nitrogens with one attached hydrogen (secondary N) is 1. The predicted octanol–water partition coefficient (Wildman–Crippen LogP) is 5.22. The number of ether oxygens (including phenoxy) is 1. The molecule has 0 radical (unpaired) electrons. The molecule has 154 valence electrons. The first kappa shape index (κ1) is 19.9. The highest BCUT2D eigenvalue weighted by atomic mass is 32.1. The van der Waals surface area contributed by atoms with Gasteiger partial charge in [-0.05, 0) is 29.8 Å². The Balaban J connectivity index is 1.64. The Hall–Kier alpha value is -3.40. The van der Waals surface area contributed by atoms with E-state index in [1.807, 2.05) is 0 Å². The number of benzene rings is 1. The van der Waals surface area contributed by atoms with Crippen LogP contribution in [0.5, 0.6) is 5.75 Å². The number of halogens is 3. The number of nitrogens with zero attached hydrogens (tertiary/aromatic N) is 4. The van der Waals surface area contributed by atoms with Gasteiger partial charge in [0.2, 0.25) is 0 Å². The monoisotopic (exact) mass is 431 g/mol. The minimum Gasteiger partial charge on any atom is -0.497 e. The second-order valence-corrected chi connectivity index (χ2v) is 7.15. The van der Waals surface area contributed by atoms with Crippen LogP contribution in [-0.2, 0) is 12.7 Å². The van der Waals surface area contributed by atoms with Crippen molar-refractivity contribution in [2.45, 2.75) is 12.7 Å². The third-order valence-corrected chi connectivity index (χ3v) is 5.04. The molecule has 0 aliphatic carbocycles. The van der Waals surface area contributed by atoms with Gasteiger partial charge in [0.1, 0.15) is 11.6 Å². The van der Waals surface area contributed by atoms with Crippen molar-refractivity contribution < 1.29 is 17.9 Å². The van der Waals surface area contributed by atoms with Crippen LogP contribution >= 0.6 is 11.3 Å². The maximum absolute atomic E-state index is 13.9. The van der Waals surface area contributed by atoms with E-state index < -0.39 is 11.9 Å². The first-order chi connectivity index (χ1) is 14.4. The number of thiazole rings is 1. The van der Waals surface area contributed by atoms with Gasteiger partial charge < -0.3 is 10.1 Å². The maximum Gasteiger partial charge on any atom is 0.433 e. The summed E-state index contributed by atoms with van der Waals surface area (Å²) >= 11 is 1.20. The molecule has 0 amide bonds. The predicted molar refractivity (Wildman–Crippen MR) is 108 cm³/mol. The Morgan fingerprint density at radius 2 is 1.93 bits per heavy atom. The molecule has 1 aromatic carbocycles. The summed E-state index contributed by atoms with van der Waals surface area (Å²) in [6.45, 7) is -0.0258. The summed E-state index contributed by atoms with van der Waals surface area (Å²) in [7, 11) is 1.53. The fourth-order valence-corrected chi connectivity index (χ4v) is 3.61. The average Bonchev–Trinajstić information content (AvgIpc) is 3.36. The lowest BCUT2D eigenvalue weighted by Gasteiger charge is -2.12. The molecular formula is C20H16F3N5OS. The number of methoxy groups -OCH3 is 1. The van der Waals surface area contributed by atoms with Crippen LogP contribution in [0.1, 0.15) is 11.3 Å². The largest absolute Gasteiger partial charge is 0.497 e. The molecule has 0 aliphatic heterocycles. The van der Waals surface area contributed by atoms with Crippen LogP contribution in [-0.4, -0.2) is 26.9 Å². The fraction of sp³-hybridized carbons (Fsp3) is 0.150. The molecule has 30 heavy (non-hydrogen) atoms. The zero-order chi connectivity index (χ0) is 21.1. The van der Waals surface area contributed by atoms with E-state index in [2.05, 4.69) is 20.4 Å². The second kappa shape index (κ2) is 8.15. The van der Waals surface area contributed by atoms with Gasteiger partial charge in [0, 0.05) is 11.6 Å². The highest BCUT2D eigenvalue weighted by molar-refractivity contribution is 7.14. The van der Waals surface area contributed by atoms with Gasteiger partial charge in [-0.3, -0.25) is 4.68 Å². The number of hydrogen-bond acceptors (Lipinski definition) is 6. The van der Waals surface area contributed by atoms with Crippen molar-refractivity contribution in [2.75, 3.05) is 12.4 Å². The van der Waals surface area contributed by atoms with Crippen molar-refractivity contribution in [1.29, 1.82) is 0 Å². The Morgan fingerprint density at radius 1 is 1.13 bits per heavy atom. The second-order valence-electron chi connectivity index (χ2n) is 6.29. The van der Waals surface area contributed by atoms with Gasteiger partial charge in [-0.15, -0.1) is 11.3 Å². The summed E-state index contributed by atoms with van der Waals surface area (Å²) in [6, 6.07) is 12.1. The van der Waals surface area contributed by atoms with Crippen molar-refractivity contribution >= 4 is 22.3 Å². The normalized spacial score (nSPS) is 11.5.